The number of hydrogen-bond donors (Lipinski definition) is 1. The molecule has 6 nitrogen and oxygen atoms in total. The minimum Gasteiger partial charge on any atom is -0.481 e. The summed E-state index contributed by atoms with van der Waals surface area (Å²) in [4.78, 5) is 26.7. The Kier molecular flexibility index (Phi) is 6.26. The molecule has 0 radical (unpaired) electrons. The number of carboxylic acid groups (broad SMARTS) is 1. The van der Waals surface area contributed by atoms with Crippen LogP contribution in [-0.4, -0.2) is 65.8 Å². The number of aliphatic carboxylic acids is 1. The number of likely N-dealkylation sites (N-methyl/N-ethyl adjacent to an activating group) is 1. The Morgan fingerprint density at radius 1 is 1.45 bits per heavy atom. The highest BCUT2D eigenvalue weighted by molar-refractivity contribution is 5.75. The summed E-state index contributed by atoms with van der Waals surface area (Å²) in [5, 5.41) is 9.03. The monoisotopic (exact) mass is 286 g/mol. The molecule has 1 aliphatic rings. The van der Waals surface area contributed by atoms with Gasteiger partial charge < -0.3 is 19.6 Å². The molecule has 2 unspecified atom stereocenters. The molecule has 0 bridgehead atoms. The van der Waals surface area contributed by atoms with Gasteiger partial charge in [0.25, 0.3) is 0 Å². The van der Waals surface area contributed by atoms with Crippen molar-refractivity contribution in [2.45, 2.75) is 45.8 Å². The SMILES string of the molecule is CC(C)OCCN(C)C(=O)N1CCC(C(=O)O)CC1C. The number of nitrogens with zero attached hydrogens (tertiary/aromatic N) is 2. The minimum atomic E-state index is -0.761. The average molecular weight is 286 g/mol. The lowest BCUT2D eigenvalue weighted by Crippen LogP contribution is -2.51. The van der Waals surface area contributed by atoms with Gasteiger partial charge >= 0.3 is 12.0 Å². The van der Waals surface area contributed by atoms with Crippen LogP contribution in [0.25, 0.3) is 0 Å². The zero-order valence-corrected chi connectivity index (χ0v) is 12.8. The number of hydrogen-bond acceptors (Lipinski definition) is 3. The molecule has 0 aliphatic carbocycles. The van der Waals surface area contributed by atoms with Gasteiger partial charge in [0, 0.05) is 26.2 Å². The van der Waals surface area contributed by atoms with E-state index < -0.39 is 5.97 Å². The summed E-state index contributed by atoms with van der Waals surface area (Å²) in [7, 11) is 1.75. The molecule has 1 heterocycles. The van der Waals surface area contributed by atoms with Crippen LogP contribution in [0.15, 0.2) is 0 Å². The van der Waals surface area contributed by atoms with Crippen molar-refractivity contribution >= 4 is 12.0 Å². The van der Waals surface area contributed by atoms with E-state index in [9.17, 15) is 9.59 Å². The third-order valence-corrected chi connectivity index (χ3v) is 3.68. The van der Waals surface area contributed by atoms with Gasteiger partial charge in [0.15, 0.2) is 0 Å². The molecule has 1 aliphatic heterocycles. The number of ether oxygens (including phenoxy) is 1. The fourth-order valence-electron chi connectivity index (χ4n) is 2.42. The molecule has 2 atom stereocenters. The molecular formula is C14H26N2O4. The number of piperidine rings is 1. The Morgan fingerprint density at radius 2 is 2.10 bits per heavy atom. The first-order valence-corrected chi connectivity index (χ1v) is 7.19. The molecule has 0 aromatic rings. The van der Waals surface area contributed by atoms with Crippen LogP contribution in [0.5, 0.6) is 0 Å². The van der Waals surface area contributed by atoms with Crippen LogP contribution in [0.3, 0.4) is 0 Å². The van der Waals surface area contributed by atoms with Crippen LogP contribution in [0.2, 0.25) is 0 Å². The van der Waals surface area contributed by atoms with E-state index in [2.05, 4.69) is 0 Å². The van der Waals surface area contributed by atoms with Crippen molar-refractivity contribution in [3.05, 3.63) is 0 Å². The van der Waals surface area contributed by atoms with E-state index in [1.165, 1.54) is 0 Å². The van der Waals surface area contributed by atoms with Gasteiger partial charge in [-0.25, -0.2) is 4.79 Å². The maximum Gasteiger partial charge on any atom is 0.320 e. The van der Waals surface area contributed by atoms with E-state index in [1.807, 2.05) is 20.8 Å². The Bertz CT molecular complexity index is 346. The first-order chi connectivity index (χ1) is 9.32. The predicted molar refractivity (Wildman–Crippen MR) is 75.6 cm³/mol. The summed E-state index contributed by atoms with van der Waals surface area (Å²) in [6.07, 6.45) is 1.21. The normalized spacial score (nSPS) is 22.9. The predicted octanol–water partition coefficient (Wildman–Crippen LogP) is 1.65. The van der Waals surface area contributed by atoms with Crippen LogP contribution in [-0.2, 0) is 9.53 Å². The van der Waals surface area contributed by atoms with E-state index in [4.69, 9.17) is 9.84 Å². The fourth-order valence-corrected chi connectivity index (χ4v) is 2.42. The second-order valence-corrected chi connectivity index (χ2v) is 5.73. The second-order valence-electron chi connectivity index (χ2n) is 5.73. The van der Waals surface area contributed by atoms with Crippen molar-refractivity contribution in [1.29, 1.82) is 0 Å². The molecule has 20 heavy (non-hydrogen) atoms. The van der Waals surface area contributed by atoms with E-state index >= 15 is 0 Å². The summed E-state index contributed by atoms with van der Waals surface area (Å²) >= 11 is 0. The molecule has 1 rings (SSSR count). The summed E-state index contributed by atoms with van der Waals surface area (Å²) in [5.41, 5.74) is 0. The largest absolute Gasteiger partial charge is 0.481 e. The fraction of sp³-hybridized carbons (Fsp3) is 0.857. The third-order valence-electron chi connectivity index (χ3n) is 3.68. The van der Waals surface area contributed by atoms with Crippen molar-refractivity contribution in [2.75, 3.05) is 26.7 Å². The van der Waals surface area contributed by atoms with Gasteiger partial charge in [0.05, 0.1) is 18.6 Å². The van der Waals surface area contributed by atoms with Crippen LogP contribution in [0.4, 0.5) is 4.79 Å². The van der Waals surface area contributed by atoms with Gasteiger partial charge in [-0.2, -0.15) is 0 Å². The molecule has 6 heteroatoms. The van der Waals surface area contributed by atoms with Gasteiger partial charge in [-0.05, 0) is 33.6 Å². The first-order valence-electron chi connectivity index (χ1n) is 7.19. The molecular weight excluding hydrogens is 260 g/mol. The highest BCUT2D eigenvalue weighted by Crippen LogP contribution is 2.23. The molecule has 1 N–H and O–H groups in total. The number of carbonyl (C=O) groups is 2. The van der Waals surface area contributed by atoms with Crippen LogP contribution < -0.4 is 0 Å². The van der Waals surface area contributed by atoms with Gasteiger partial charge in [-0.1, -0.05) is 0 Å². The zero-order valence-electron chi connectivity index (χ0n) is 12.8. The summed E-state index contributed by atoms with van der Waals surface area (Å²) < 4.78 is 5.44. The average Bonchev–Trinajstić information content (AvgIpc) is 2.37. The third kappa shape index (κ3) is 4.67. The summed E-state index contributed by atoms with van der Waals surface area (Å²) in [6, 6.07) is -0.0838. The number of amides is 2. The van der Waals surface area contributed by atoms with Crippen molar-refractivity contribution in [1.82, 2.24) is 9.80 Å². The number of urea groups is 1. The molecule has 1 fully saturated rings. The Balaban J connectivity index is 2.45. The van der Waals surface area contributed by atoms with Crippen molar-refractivity contribution in [3.63, 3.8) is 0 Å². The topological polar surface area (TPSA) is 70.1 Å². The van der Waals surface area contributed by atoms with Gasteiger partial charge in [-0.15, -0.1) is 0 Å². The van der Waals surface area contributed by atoms with Crippen LogP contribution in [0, 0.1) is 5.92 Å². The van der Waals surface area contributed by atoms with Crippen molar-refractivity contribution in [3.8, 4) is 0 Å². The van der Waals surface area contributed by atoms with Crippen LogP contribution in [0.1, 0.15) is 33.6 Å². The van der Waals surface area contributed by atoms with E-state index in [1.54, 1.807) is 16.8 Å². The Morgan fingerprint density at radius 3 is 2.60 bits per heavy atom. The highest BCUT2D eigenvalue weighted by atomic mass is 16.5. The smallest absolute Gasteiger partial charge is 0.320 e. The zero-order chi connectivity index (χ0) is 15.3. The lowest BCUT2D eigenvalue weighted by Gasteiger charge is -2.38. The van der Waals surface area contributed by atoms with E-state index in [0.717, 1.165) is 0 Å². The highest BCUT2D eigenvalue weighted by Gasteiger charge is 2.33. The Labute approximate surface area is 120 Å². The molecule has 2 amide bonds. The maximum absolute atomic E-state index is 12.3. The number of rotatable bonds is 5. The molecule has 0 spiro atoms. The Hall–Kier alpha value is -1.30. The van der Waals surface area contributed by atoms with Crippen LogP contribution >= 0.6 is 0 Å². The van der Waals surface area contributed by atoms with Crippen molar-refractivity contribution in [2.24, 2.45) is 5.92 Å². The van der Waals surface area contributed by atoms with Gasteiger partial charge in [0.2, 0.25) is 0 Å². The number of carbonyl (C=O) groups excluding carboxylic acids is 1. The summed E-state index contributed by atoms with van der Waals surface area (Å²) in [6.45, 7) is 7.39. The van der Waals surface area contributed by atoms with E-state index in [-0.39, 0.29) is 24.1 Å². The van der Waals surface area contributed by atoms with Gasteiger partial charge in [0.1, 0.15) is 0 Å². The standard InChI is InChI=1S/C14H26N2O4/c1-10(2)20-8-7-15(4)14(19)16-6-5-12(13(17)18)9-11(16)3/h10-12H,5-9H2,1-4H3,(H,17,18). The molecule has 1 saturated heterocycles. The van der Waals surface area contributed by atoms with Gasteiger partial charge in [-0.3, -0.25) is 4.79 Å². The maximum atomic E-state index is 12.3. The molecule has 0 aromatic carbocycles. The lowest BCUT2D eigenvalue weighted by atomic mass is 9.92. The minimum absolute atomic E-state index is 0.0363. The molecule has 0 saturated carbocycles. The van der Waals surface area contributed by atoms with E-state index in [0.29, 0.717) is 32.5 Å². The molecule has 116 valence electrons. The first kappa shape index (κ1) is 16.8. The van der Waals surface area contributed by atoms with Crippen molar-refractivity contribution < 1.29 is 19.4 Å². The number of carboxylic acids is 1. The lowest BCUT2D eigenvalue weighted by molar-refractivity contribution is -0.143. The second kappa shape index (κ2) is 7.47. The number of likely N-dealkylation sites (tertiary alicyclic amines) is 1. The molecule has 0 aromatic heterocycles. The summed E-state index contributed by atoms with van der Waals surface area (Å²) in [5.74, 6) is -1.09. The quantitative estimate of drug-likeness (QED) is 0.834.